The molecule has 1 aromatic rings. The fourth-order valence-corrected chi connectivity index (χ4v) is 2.48. The summed E-state index contributed by atoms with van der Waals surface area (Å²) < 4.78 is 9.75. The smallest absolute Gasteiger partial charge is 0.316 e. The van der Waals surface area contributed by atoms with Gasteiger partial charge in [-0.25, -0.2) is 0 Å². The molecule has 0 aromatic heterocycles. The van der Waals surface area contributed by atoms with Crippen LogP contribution in [0.3, 0.4) is 0 Å². The Bertz CT molecular complexity index is 532. The third kappa shape index (κ3) is 2.88. The second-order valence-corrected chi connectivity index (χ2v) is 5.01. The summed E-state index contributed by atoms with van der Waals surface area (Å²) in [6, 6.07) is 4.73. The highest BCUT2D eigenvalue weighted by Gasteiger charge is 2.39. The summed E-state index contributed by atoms with van der Waals surface area (Å²) >= 11 is 6.08. The second-order valence-electron chi connectivity index (χ2n) is 4.60. The maximum Gasteiger partial charge on any atom is 0.316 e. The fraction of sp³-hybridized carbons (Fsp3) is 0.429. The van der Waals surface area contributed by atoms with Crippen LogP contribution in [0.2, 0.25) is 5.02 Å². The molecule has 2 unspecified atom stereocenters. The van der Waals surface area contributed by atoms with E-state index in [1.54, 1.807) is 25.3 Å². The molecule has 2 rings (SSSR count). The van der Waals surface area contributed by atoms with Crippen molar-refractivity contribution in [3.63, 3.8) is 0 Å². The van der Waals surface area contributed by atoms with Crippen LogP contribution in [0, 0.1) is 5.92 Å². The monoisotopic (exact) mass is 297 g/mol. The van der Waals surface area contributed by atoms with Gasteiger partial charge in [-0.05, 0) is 25.0 Å². The molecular formula is C14H16ClNO4. The van der Waals surface area contributed by atoms with Crippen molar-refractivity contribution < 1.29 is 19.1 Å². The average molecular weight is 298 g/mol. The maximum absolute atomic E-state index is 12.1. The zero-order valence-corrected chi connectivity index (χ0v) is 12.1. The van der Waals surface area contributed by atoms with Gasteiger partial charge in [-0.1, -0.05) is 11.6 Å². The van der Waals surface area contributed by atoms with E-state index in [-0.39, 0.29) is 5.78 Å². The highest BCUT2D eigenvalue weighted by molar-refractivity contribution is 6.33. The molecule has 1 N–H and O–H groups in total. The van der Waals surface area contributed by atoms with Crippen molar-refractivity contribution in [3.05, 3.63) is 23.2 Å². The molecular weight excluding hydrogens is 282 g/mol. The Balaban J connectivity index is 2.11. The first kappa shape index (κ1) is 14.7. The number of rotatable bonds is 4. The molecule has 1 aromatic carbocycles. The average Bonchev–Trinajstić information content (AvgIpc) is 2.82. The lowest BCUT2D eigenvalue weighted by molar-refractivity contribution is -0.148. The van der Waals surface area contributed by atoms with Gasteiger partial charge >= 0.3 is 5.97 Å². The predicted octanol–water partition coefficient (Wildman–Crippen LogP) is 2.28. The van der Waals surface area contributed by atoms with Gasteiger partial charge in [0, 0.05) is 6.07 Å². The number of nitrogens with one attached hydrogen (secondary N) is 1. The van der Waals surface area contributed by atoms with E-state index >= 15 is 0 Å². The van der Waals surface area contributed by atoms with E-state index in [0.29, 0.717) is 29.3 Å². The summed E-state index contributed by atoms with van der Waals surface area (Å²) in [7, 11) is 2.84. The number of hydrogen-bond acceptors (Lipinski definition) is 5. The number of carbonyl (C=O) groups is 2. The number of Topliss-reactive ketones (excluding diaryl/α,β-unsaturated/α-hetero) is 1. The summed E-state index contributed by atoms with van der Waals surface area (Å²) in [6.45, 7) is 0. The van der Waals surface area contributed by atoms with Gasteiger partial charge in [-0.15, -0.1) is 0 Å². The molecule has 5 nitrogen and oxygen atoms in total. The van der Waals surface area contributed by atoms with E-state index in [0.717, 1.165) is 0 Å². The van der Waals surface area contributed by atoms with Gasteiger partial charge in [0.15, 0.2) is 5.78 Å². The summed E-state index contributed by atoms with van der Waals surface area (Å²) in [5.41, 5.74) is 0.620. The van der Waals surface area contributed by atoms with Crippen molar-refractivity contribution in [1.82, 2.24) is 0 Å². The molecule has 20 heavy (non-hydrogen) atoms. The van der Waals surface area contributed by atoms with Crippen LogP contribution in [0.4, 0.5) is 5.69 Å². The van der Waals surface area contributed by atoms with Crippen LogP contribution in [0.5, 0.6) is 5.75 Å². The van der Waals surface area contributed by atoms with E-state index in [4.69, 9.17) is 16.3 Å². The molecule has 0 heterocycles. The van der Waals surface area contributed by atoms with Crippen molar-refractivity contribution in [2.24, 2.45) is 5.92 Å². The Kier molecular flexibility index (Phi) is 4.49. The lowest BCUT2D eigenvalue weighted by Gasteiger charge is -2.15. The normalized spacial score (nSPS) is 21.6. The van der Waals surface area contributed by atoms with Crippen molar-refractivity contribution in [3.8, 4) is 5.75 Å². The van der Waals surface area contributed by atoms with Gasteiger partial charge < -0.3 is 14.8 Å². The standard InChI is InChI=1S/C14H16ClNO4/c1-19-8-3-5-10(15)12(7-8)16-11-6-4-9(13(11)17)14(18)20-2/h3,5,7,9,11,16H,4,6H2,1-2H3. The molecule has 1 aliphatic rings. The number of carbonyl (C=O) groups excluding carboxylic acids is 2. The number of esters is 1. The Morgan fingerprint density at radius 1 is 1.35 bits per heavy atom. The molecule has 1 saturated carbocycles. The van der Waals surface area contributed by atoms with Crippen molar-refractivity contribution in [1.29, 1.82) is 0 Å². The Labute approximate surface area is 122 Å². The van der Waals surface area contributed by atoms with E-state index in [2.05, 4.69) is 10.1 Å². The van der Waals surface area contributed by atoms with Crippen LogP contribution in [0.25, 0.3) is 0 Å². The van der Waals surface area contributed by atoms with Gasteiger partial charge in [0.2, 0.25) is 0 Å². The molecule has 2 atom stereocenters. The lowest BCUT2D eigenvalue weighted by atomic mass is 10.1. The number of ketones is 1. The fourth-order valence-electron chi connectivity index (χ4n) is 2.31. The summed E-state index contributed by atoms with van der Waals surface area (Å²) in [5.74, 6) is -0.666. The van der Waals surface area contributed by atoms with Crippen LogP contribution >= 0.6 is 11.6 Å². The number of benzene rings is 1. The number of ether oxygens (including phenoxy) is 2. The number of hydrogen-bond donors (Lipinski definition) is 1. The first-order valence-corrected chi connectivity index (χ1v) is 6.66. The molecule has 0 bridgehead atoms. The number of methoxy groups -OCH3 is 2. The third-order valence-electron chi connectivity index (χ3n) is 3.42. The molecule has 1 aliphatic carbocycles. The number of halogens is 1. The zero-order chi connectivity index (χ0) is 14.7. The minimum absolute atomic E-state index is 0.157. The van der Waals surface area contributed by atoms with Crippen LogP contribution in [-0.4, -0.2) is 32.0 Å². The third-order valence-corrected chi connectivity index (χ3v) is 3.75. The van der Waals surface area contributed by atoms with E-state index in [1.165, 1.54) is 7.11 Å². The van der Waals surface area contributed by atoms with Crippen LogP contribution < -0.4 is 10.1 Å². The van der Waals surface area contributed by atoms with Gasteiger partial charge in [-0.3, -0.25) is 9.59 Å². The summed E-state index contributed by atoms with van der Waals surface area (Å²) in [5, 5.41) is 3.57. The Morgan fingerprint density at radius 2 is 2.10 bits per heavy atom. The lowest BCUT2D eigenvalue weighted by Crippen LogP contribution is -2.30. The van der Waals surface area contributed by atoms with E-state index in [9.17, 15) is 9.59 Å². The molecule has 108 valence electrons. The minimum atomic E-state index is -0.679. The predicted molar refractivity (Wildman–Crippen MR) is 75.2 cm³/mol. The van der Waals surface area contributed by atoms with Crippen LogP contribution in [0.15, 0.2) is 18.2 Å². The van der Waals surface area contributed by atoms with Gasteiger partial charge in [0.25, 0.3) is 0 Å². The van der Waals surface area contributed by atoms with Gasteiger partial charge in [0.1, 0.15) is 11.7 Å². The molecule has 0 aliphatic heterocycles. The molecule has 0 radical (unpaired) electrons. The first-order valence-electron chi connectivity index (χ1n) is 6.28. The summed E-state index contributed by atoms with van der Waals surface area (Å²) in [4.78, 5) is 23.6. The molecule has 1 fully saturated rings. The number of anilines is 1. The van der Waals surface area contributed by atoms with Crippen LogP contribution in [-0.2, 0) is 14.3 Å². The van der Waals surface area contributed by atoms with Gasteiger partial charge in [0.05, 0.1) is 31.0 Å². The minimum Gasteiger partial charge on any atom is -0.497 e. The van der Waals surface area contributed by atoms with Crippen molar-refractivity contribution in [2.75, 3.05) is 19.5 Å². The molecule has 0 spiro atoms. The zero-order valence-electron chi connectivity index (χ0n) is 11.3. The highest BCUT2D eigenvalue weighted by Crippen LogP contribution is 2.31. The topological polar surface area (TPSA) is 64.6 Å². The molecule has 6 heteroatoms. The van der Waals surface area contributed by atoms with E-state index in [1.807, 2.05) is 0 Å². The Hall–Kier alpha value is -1.75. The SMILES string of the molecule is COC(=O)C1CCC(Nc2cc(OC)ccc2Cl)C1=O. The second kappa shape index (κ2) is 6.13. The maximum atomic E-state index is 12.1. The van der Waals surface area contributed by atoms with E-state index < -0.39 is 17.9 Å². The van der Waals surface area contributed by atoms with Crippen LogP contribution in [0.1, 0.15) is 12.8 Å². The van der Waals surface area contributed by atoms with Gasteiger partial charge in [-0.2, -0.15) is 0 Å². The first-order chi connectivity index (χ1) is 9.56. The largest absolute Gasteiger partial charge is 0.497 e. The molecule has 0 amide bonds. The highest BCUT2D eigenvalue weighted by atomic mass is 35.5. The summed E-state index contributed by atoms with van der Waals surface area (Å²) in [6.07, 6.45) is 1.07. The Morgan fingerprint density at radius 3 is 2.75 bits per heavy atom. The van der Waals surface area contributed by atoms with Crippen molar-refractivity contribution >= 4 is 29.0 Å². The molecule has 0 saturated heterocycles. The van der Waals surface area contributed by atoms with Crippen molar-refractivity contribution in [2.45, 2.75) is 18.9 Å². The quantitative estimate of drug-likeness (QED) is 0.682.